The van der Waals surface area contributed by atoms with Gasteiger partial charge >= 0.3 is 0 Å². The molecule has 0 unspecified atom stereocenters. The standard InChI is InChI=1S/C14H15ClN2O3/c1-18-9-5-10(19-2)14-11(12(9)15)13(16)7-6-20-4-3-8(7)17-14/h5H,3-4,6H2,1-2H3,(H2,16,17). The lowest BCUT2D eigenvalue weighted by molar-refractivity contribution is 0.110. The molecule has 0 saturated heterocycles. The van der Waals surface area contributed by atoms with Crippen LogP contribution in [0.25, 0.3) is 10.9 Å². The second-order valence-corrected chi connectivity index (χ2v) is 4.95. The van der Waals surface area contributed by atoms with Crippen molar-refractivity contribution in [2.75, 3.05) is 26.6 Å². The summed E-state index contributed by atoms with van der Waals surface area (Å²) in [5, 5.41) is 1.11. The monoisotopic (exact) mass is 294 g/mol. The summed E-state index contributed by atoms with van der Waals surface area (Å²) in [5.74, 6) is 1.11. The second-order valence-electron chi connectivity index (χ2n) is 4.57. The van der Waals surface area contributed by atoms with Gasteiger partial charge in [0.15, 0.2) is 0 Å². The highest BCUT2D eigenvalue weighted by Crippen LogP contribution is 2.43. The summed E-state index contributed by atoms with van der Waals surface area (Å²) >= 11 is 6.38. The van der Waals surface area contributed by atoms with Crippen LogP contribution in [0.15, 0.2) is 6.07 Å². The zero-order valence-electron chi connectivity index (χ0n) is 11.3. The Bertz CT molecular complexity index is 688. The molecule has 1 aliphatic heterocycles. The fraction of sp³-hybridized carbons (Fsp3) is 0.357. The number of fused-ring (bicyclic) bond motifs is 2. The van der Waals surface area contributed by atoms with Crippen LogP contribution in [0.1, 0.15) is 11.3 Å². The first kappa shape index (κ1) is 13.3. The van der Waals surface area contributed by atoms with Gasteiger partial charge in [0.1, 0.15) is 17.0 Å². The number of pyridine rings is 1. The first-order chi connectivity index (χ1) is 9.67. The average Bonchev–Trinajstić information content (AvgIpc) is 2.48. The number of aromatic nitrogens is 1. The van der Waals surface area contributed by atoms with E-state index in [-0.39, 0.29) is 0 Å². The molecule has 0 radical (unpaired) electrons. The number of methoxy groups -OCH3 is 2. The van der Waals surface area contributed by atoms with E-state index in [2.05, 4.69) is 4.98 Å². The smallest absolute Gasteiger partial charge is 0.148 e. The molecule has 1 aromatic heterocycles. The summed E-state index contributed by atoms with van der Waals surface area (Å²) in [6, 6.07) is 1.73. The molecule has 106 valence electrons. The lowest BCUT2D eigenvalue weighted by Crippen LogP contribution is -2.15. The normalized spacial score (nSPS) is 14.2. The van der Waals surface area contributed by atoms with E-state index >= 15 is 0 Å². The zero-order valence-corrected chi connectivity index (χ0v) is 12.1. The minimum Gasteiger partial charge on any atom is -0.495 e. The third kappa shape index (κ3) is 1.85. The van der Waals surface area contributed by atoms with Crippen LogP contribution >= 0.6 is 11.6 Å². The predicted octanol–water partition coefficient (Wildman–Crippen LogP) is 2.56. The molecule has 2 aromatic rings. The number of nitrogen functional groups attached to an aromatic ring is 1. The summed E-state index contributed by atoms with van der Waals surface area (Å²) in [6.45, 7) is 1.11. The van der Waals surface area contributed by atoms with Crippen LogP contribution in [-0.4, -0.2) is 25.8 Å². The number of rotatable bonds is 2. The second kappa shape index (κ2) is 5.00. The largest absolute Gasteiger partial charge is 0.495 e. The van der Waals surface area contributed by atoms with Crippen LogP contribution in [0, 0.1) is 0 Å². The lowest BCUT2D eigenvalue weighted by Gasteiger charge is -2.21. The highest BCUT2D eigenvalue weighted by molar-refractivity contribution is 6.38. The predicted molar refractivity (Wildman–Crippen MR) is 77.6 cm³/mol. The minimum absolute atomic E-state index is 0.446. The Labute approximate surface area is 121 Å². The Kier molecular flexibility index (Phi) is 3.31. The molecule has 0 spiro atoms. The van der Waals surface area contributed by atoms with Gasteiger partial charge in [-0.1, -0.05) is 11.6 Å². The van der Waals surface area contributed by atoms with Crippen molar-refractivity contribution in [2.24, 2.45) is 0 Å². The lowest BCUT2D eigenvalue weighted by atomic mass is 10.0. The van der Waals surface area contributed by atoms with Gasteiger partial charge in [-0.15, -0.1) is 0 Å². The molecule has 2 heterocycles. The Hall–Kier alpha value is -1.72. The summed E-state index contributed by atoms with van der Waals surface area (Å²) in [7, 11) is 3.14. The van der Waals surface area contributed by atoms with Gasteiger partial charge in [0.05, 0.1) is 43.8 Å². The molecule has 20 heavy (non-hydrogen) atoms. The van der Waals surface area contributed by atoms with Crippen molar-refractivity contribution < 1.29 is 14.2 Å². The van der Waals surface area contributed by atoms with Gasteiger partial charge in [-0.05, 0) is 0 Å². The number of halogens is 1. The van der Waals surface area contributed by atoms with Crippen LogP contribution in [0.4, 0.5) is 5.69 Å². The van der Waals surface area contributed by atoms with Crippen molar-refractivity contribution in [3.8, 4) is 11.5 Å². The molecule has 1 aromatic carbocycles. The van der Waals surface area contributed by atoms with Crippen LogP contribution < -0.4 is 15.2 Å². The number of benzene rings is 1. The maximum Gasteiger partial charge on any atom is 0.148 e. The first-order valence-corrected chi connectivity index (χ1v) is 6.64. The van der Waals surface area contributed by atoms with E-state index in [1.807, 2.05) is 0 Å². The molecular weight excluding hydrogens is 280 g/mol. The molecule has 0 atom stereocenters. The van der Waals surface area contributed by atoms with Gasteiger partial charge in [0, 0.05) is 23.4 Å². The molecule has 3 rings (SSSR count). The Morgan fingerprint density at radius 2 is 2.05 bits per heavy atom. The van der Waals surface area contributed by atoms with Crippen molar-refractivity contribution >= 4 is 28.2 Å². The minimum atomic E-state index is 0.446. The number of anilines is 1. The van der Waals surface area contributed by atoms with Crippen molar-refractivity contribution in [1.82, 2.24) is 4.98 Å². The Balaban J connectivity index is 2.42. The number of nitrogens with two attached hydrogens (primary N) is 1. The van der Waals surface area contributed by atoms with E-state index in [9.17, 15) is 0 Å². The molecule has 0 aliphatic carbocycles. The van der Waals surface area contributed by atoms with Crippen LogP contribution in [0.3, 0.4) is 0 Å². The summed E-state index contributed by atoms with van der Waals surface area (Å²) < 4.78 is 16.1. The first-order valence-electron chi connectivity index (χ1n) is 6.26. The van der Waals surface area contributed by atoms with Gasteiger partial charge in [-0.3, -0.25) is 0 Å². The van der Waals surface area contributed by atoms with Gasteiger partial charge in [0.2, 0.25) is 0 Å². The van der Waals surface area contributed by atoms with Crippen molar-refractivity contribution in [3.05, 3.63) is 22.3 Å². The van der Waals surface area contributed by atoms with Crippen LogP contribution in [-0.2, 0) is 17.8 Å². The van der Waals surface area contributed by atoms with Crippen LogP contribution in [0.5, 0.6) is 11.5 Å². The molecule has 0 saturated carbocycles. The van der Waals surface area contributed by atoms with Gasteiger partial charge in [0.25, 0.3) is 0 Å². The van der Waals surface area contributed by atoms with Crippen molar-refractivity contribution in [1.29, 1.82) is 0 Å². The number of ether oxygens (including phenoxy) is 3. The Morgan fingerprint density at radius 1 is 1.30 bits per heavy atom. The van der Waals surface area contributed by atoms with E-state index in [1.165, 1.54) is 0 Å². The SMILES string of the molecule is COc1cc(OC)c2nc3c(c(N)c2c1Cl)COCC3. The van der Waals surface area contributed by atoms with Crippen molar-refractivity contribution in [2.45, 2.75) is 13.0 Å². The van der Waals surface area contributed by atoms with Gasteiger partial charge in [-0.25, -0.2) is 4.98 Å². The molecule has 0 fully saturated rings. The summed E-state index contributed by atoms with van der Waals surface area (Å²) in [6.07, 6.45) is 0.738. The van der Waals surface area contributed by atoms with Gasteiger partial charge < -0.3 is 19.9 Å². The molecule has 2 N–H and O–H groups in total. The van der Waals surface area contributed by atoms with Crippen molar-refractivity contribution in [3.63, 3.8) is 0 Å². The van der Waals surface area contributed by atoms with Crippen LogP contribution in [0.2, 0.25) is 5.02 Å². The third-order valence-corrected chi connectivity index (χ3v) is 3.90. The molecule has 6 heteroatoms. The fourth-order valence-corrected chi connectivity index (χ4v) is 2.80. The average molecular weight is 295 g/mol. The highest BCUT2D eigenvalue weighted by atomic mass is 35.5. The van der Waals surface area contributed by atoms with Gasteiger partial charge in [-0.2, -0.15) is 0 Å². The highest BCUT2D eigenvalue weighted by Gasteiger charge is 2.22. The topological polar surface area (TPSA) is 66.6 Å². The van der Waals surface area contributed by atoms with E-state index in [0.717, 1.165) is 17.7 Å². The maximum atomic E-state index is 6.38. The molecule has 0 amide bonds. The number of hydrogen-bond acceptors (Lipinski definition) is 5. The molecule has 0 bridgehead atoms. The van der Waals surface area contributed by atoms with E-state index in [4.69, 9.17) is 31.5 Å². The quantitative estimate of drug-likeness (QED) is 0.922. The Morgan fingerprint density at radius 3 is 2.75 bits per heavy atom. The third-order valence-electron chi connectivity index (χ3n) is 3.53. The summed E-state index contributed by atoms with van der Waals surface area (Å²) in [5.41, 5.74) is 9.37. The van der Waals surface area contributed by atoms with E-state index in [0.29, 0.717) is 46.3 Å². The number of nitrogens with zero attached hydrogens (tertiary/aromatic N) is 1. The maximum absolute atomic E-state index is 6.38. The fourth-order valence-electron chi connectivity index (χ4n) is 2.48. The molecule has 1 aliphatic rings. The van der Waals surface area contributed by atoms with E-state index < -0.39 is 0 Å². The van der Waals surface area contributed by atoms with E-state index in [1.54, 1.807) is 20.3 Å². The molecular formula is C14H15ClN2O3. The summed E-state index contributed by atoms with van der Waals surface area (Å²) in [4.78, 5) is 4.66. The number of hydrogen-bond donors (Lipinski definition) is 1. The molecule has 5 nitrogen and oxygen atoms in total. The zero-order chi connectivity index (χ0) is 14.3.